The summed E-state index contributed by atoms with van der Waals surface area (Å²) in [6, 6.07) is 8.13. The number of likely N-dealkylation sites (N-methyl/N-ethyl adjacent to an activating group) is 1. The lowest BCUT2D eigenvalue weighted by molar-refractivity contribution is -0.369. The second kappa shape index (κ2) is 13.4. The maximum Gasteiger partial charge on any atom is 0.409 e. The van der Waals surface area contributed by atoms with Crippen molar-refractivity contribution in [1.82, 2.24) is 10.2 Å². The van der Waals surface area contributed by atoms with Crippen LogP contribution in [0, 0.1) is 16.7 Å². The van der Waals surface area contributed by atoms with Crippen LogP contribution in [0.1, 0.15) is 66.4 Å². The lowest BCUT2D eigenvalue weighted by Crippen LogP contribution is -2.87. The van der Waals surface area contributed by atoms with Gasteiger partial charge < -0.3 is 43.8 Å². The topological polar surface area (TPSA) is 191 Å². The van der Waals surface area contributed by atoms with Crippen LogP contribution < -0.4 is 10.9 Å². The molecule has 278 valence electrons. The number of nitrogens with one attached hydrogen (secondary N) is 1. The van der Waals surface area contributed by atoms with Crippen molar-refractivity contribution in [3.63, 3.8) is 0 Å². The molecule has 0 unspecified atom stereocenters. The zero-order chi connectivity index (χ0) is 37.7. The predicted molar refractivity (Wildman–Crippen MR) is 182 cm³/mol. The lowest BCUT2D eigenvalue weighted by Gasteiger charge is -2.71. The smallest absolute Gasteiger partial charge is 0.409 e. The van der Waals surface area contributed by atoms with Gasteiger partial charge in [-0.15, -0.1) is 6.58 Å². The van der Waals surface area contributed by atoms with Crippen molar-refractivity contribution < 1.29 is 52.8 Å². The van der Waals surface area contributed by atoms with Gasteiger partial charge in [0, 0.05) is 61.8 Å². The molecule has 14 nitrogen and oxygen atoms in total. The summed E-state index contributed by atoms with van der Waals surface area (Å²) in [6.07, 6.45) is -3.75. The highest BCUT2D eigenvalue weighted by Crippen LogP contribution is 2.67. The number of aliphatic hydroxyl groups excluding tert-OH is 1. The Bertz CT molecular complexity index is 1790. The lowest BCUT2D eigenvalue weighted by atomic mass is 9.39. The number of fused-ring (bicyclic) bond motifs is 4. The van der Waals surface area contributed by atoms with Crippen molar-refractivity contribution in [2.75, 3.05) is 20.1 Å². The number of benzene rings is 1. The summed E-state index contributed by atoms with van der Waals surface area (Å²) in [4.78, 5) is 66.3. The molecule has 5 rings (SSSR count). The Morgan fingerprint density at radius 3 is 2.47 bits per heavy atom. The van der Waals surface area contributed by atoms with Gasteiger partial charge in [-0.1, -0.05) is 45.0 Å². The van der Waals surface area contributed by atoms with Crippen molar-refractivity contribution in [3.8, 4) is 0 Å². The third kappa shape index (κ3) is 6.31. The van der Waals surface area contributed by atoms with Crippen LogP contribution >= 0.6 is 0 Å². The van der Waals surface area contributed by atoms with Crippen LogP contribution in [0.15, 0.2) is 52.2 Å². The molecule has 1 saturated heterocycles. The highest BCUT2D eigenvalue weighted by Gasteiger charge is 2.82. The van der Waals surface area contributed by atoms with E-state index in [4.69, 9.17) is 23.4 Å². The first-order valence-electron chi connectivity index (χ1n) is 17.0. The van der Waals surface area contributed by atoms with E-state index in [1.807, 2.05) is 13.8 Å². The van der Waals surface area contributed by atoms with E-state index >= 15 is 0 Å². The number of para-hydroxylation sites is 1. The molecule has 0 radical (unpaired) electrons. The minimum absolute atomic E-state index is 0.00176. The Morgan fingerprint density at radius 2 is 1.80 bits per heavy atom. The average Bonchev–Trinajstić information content (AvgIpc) is 3.05. The van der Waals surface area contributed by atoms with E-state index in [0.29, 0.717) is 23.0 Å². The van der Waals surface area contributed by atoms with Gasteiger partial charge in [-0.25, -0.2) is 14.4 Å². The standard InChI is InChI=1S/C37H48N2O12/c1-9-34(5)19-26(42)37(46)35(6)25(41)14-15-33(3,4)29(35)28(30(48-21(2)40)36(37,7)51-34)50-31(44)38-16-17-39(8)32(45)47-20-22-18-27(43)49-24-13-11-10-12-23(22)24/h9-13,18,25,28-30,41,46H,1,14-17,19-20H2,2-8H3,(H,38,44)/t25-,28-,29-,30-,34-,35-,36+,37-/m0/s1. The SMILES string of the molecule is C=C[C@@]1(C)CC(=O)[C@]2(O)[C@@]3(C)[C@@H](O)CCC(C)(C)[C@@H]3[C@H](OC(=O)NCCN(C)C(=O)OCc3cc(=O)oc4ccccc34)[C@H](OC(C)=O)[C@@]2(C)O1. The van der Waals surface area contributed by atoms with E-state index < -0.39 is 81.4 Å². The Balaban J connectivity index is 1.35. The molecule has 3 fully saturated rings. The molecule has 0 spiro atoms. The van der Waals surface area contributed by atoms with Gasteiger partial charge in [-0.3, -0.25) is 9.59 Å². The number of aliphatic hydroxyl groups is 2. The quantitative estimate of drug-likeness (QED) is 0.156. The van der Waals surface area contributed by atoms with Gasteiger partial charge in [-0.05, 0) is 38.2 Å². The van der Waals surface area contributed by atoms with Crippen LogP contribution in [0.3, 0.4) is 0 Å². The number of ether oxygens (including phenoxy) is 4. The molecular formula is C37H48N2O12. The van der Waals surface area contributed by atoms with Gasteiger partial charge in [0.15, 0.2) is 17.5 Å². The van der Waals surface area contributed by atoms with Gasteiger partial charge >= 0.3 is 23.8 Å². The zero-order valence-corrected chi connectivity index (χ0v) is 30.1. The highest BCUT2D eigenvalue weighted by atomic mass is 16.6. The first-order valence-corrected chi connectivity index (χ1v) is 17.0. The molecule has 3 N–H and O–H groups in total. The fraction of sp³-hybridized carbons (Fsp3) is 0.595. The third-order valence-corrected chi connectivity index (χ3v) is 11.4. The summed E-state index contributed by atoms with van der Waals surface area (Å²) in [5.74, 6) is -2.26. The number of carbonyl (C=O) groups excluding carboxylic acids is 4. The molecule has 2 heterocycles. The first-order chi connectivity index (χ1) is 23.7. The van der Waals surface area contributed by atoms with Gasteiger partial charge in [0.05, 0.1) is 11.7 Å². The summed E-state index contributed by atoms with van der Waals surface area (Å²) < 4.78 is 29.0. The van der Waals surface area contributed by atoms with E-state index in [1.165, 1.54) is 31.0 Å². The number of rotatable bonds is 8. The minimum atomic E-state index is -2.36. The number of esters is 1. The molecule has 2 amide bonds. The van der Waals surface area contributed by atoms with E-state index in [2.05, 4.69) is 11.9 Å². The molecule has 1 aliphatic heterocycles. The fourth-order valence-electron chi connectivity index (χ4n) is 8.87. The maximum absolute atomic E-state index is 14.2. The average molecular weight is 713 g/mol. The van der Waals surface area contributed by atoms with E-state index in [-0.39, 0.29) is 32.5 Å². The molecule has 3 aliphatic rings. The zero-order valence-electron chi connectivity index (χ0n) is 30.1. The molecule has 1 aromatic carbocycles. The predicted octanol–water partition coefficient (Wildman–Crippen LogP) is 3.63. The molecule has 51 heavy (non-hydrogen) atoms. The minimum Gasteiger partial charge on any atom is -0.455 e. The number of carbonyl (C=O) groups is 4. The Hall–Kier alpha value is -4.27. The van der Waals surface area contributed by atoms with E-state index in [9.17, 15) is 34.2 Å². The molecular weight excluding hydrogens is 664 g/mol. The van der Waals surface area contributed by atoms with Gasteiger partial charge in [0.25, 0.3) is 0 Å². The van der Waals surface area contributed by atoms with Gasteiger partial charge in [-0.2, -0.15) is 0 Å². The number of nitrogens with zero attached hydrogens (tertiary/aromatic N) is 1. The monoisotopic (exact) mass is 712 g/mol. The van der Waals surface area contributed by atoms with Crippen molar-refractivity contribution in [2.24, 2.45) is 16.7 Å². The summed E-state index contributed by atoms with van der Waals surface area (Å²) in [6.45, 7) is 13.1. The van der Waals surface area contributed by atoms with Crippen LogP contribution in [0.4, 0.5) is 9.59 Å². The van der Waals surface area contributed by atoms with Crippen LogP contribution in [0.25, 0.3) is 11.0 Å². The fourth-order valence-corrected chi connectivity index (χ4v) is 8.87. The van der Waals surface area contributed by atoms with E-state index in [1.54, 1.807) is 38.1 Å². The number of hydrogen-bond acceptors (Lipinski definition) is 12. The van der Waals surface area contributed by atoms with Crippen molar-refractivity contribution in [1.29, 1.82) is 0 Å². The molecule has 2 aliphatic carbocycles. The van der Waals surface area contributed by atoms with Crippen molar-refractivity contribution in [3.05, 3.63) is 59.0 Å². The van der Waals surface area contributed by atoms with Crippen LogP contribution in [0.5, 0.6) is 0 Å². The molecule has 2 aromatic rings. The van der Waals surface area contributed by atoms with Crippen LogP contribution in [-0.2, 0) is 35.1 Å². The number of amides is 2. The second-order valence-electron chi connectivity index (χ2n) is 15.2. The molecule has 2 saturated carbocycles. The van der Waals surface area contributed by atoms with Gasteiger partial charge in [0.2, 0.25) is 0 Å². The first kappa shape index (κ1) is 38.0. The highest BCUT2D eigenvalue weighted by molar-refractivity contribution is 5.92. The summed E-state index contributed by atoms with van der Waals surface area (Å²) in [7, 11) is 1.47. The maximum atomic E-state index is 14.2. The second-order valence-corrected chi connectivity index (χ2v) is 15.2. The normalized spacial score (nSPS) is 34.0. The Kier molecular flexibility index (Phi) is 9.95. The van der Waals surface area contributed by atoms with Gasteiger partial charge in [0.1, 0.15) is 23.9 Å². The summed E-state index contributed by atoms with van der Waals surface area (Å²) in [5, 5.41) is 27.6. The summed E-state index contributed by atoms with van der Waals surface area (Å²) in [5.41, 5.74) is -7.71. The third-order valence-electron chi connectivity index (χ3n) is 11.4. The molecule has 8 atom stereocenters. The number of ketones is 1. The Labute approximate surface area is 296 Å². The largest absolute Gasteiger partial charge is 0.455 e. The van der Waals surface area contributed by atoms with Crippen LogP contribution in [0.2, 0.25) is 0 Å². The number of hydrogen-bond donors (Lipinski definition) is 3. The van der Waals surface area contributed by atoms with Crippen LogP contribution in [-0.4, -0.2) is 94.3 Å². The van der Waals surface area contributed by atoms with E-state index in [0.717, 1.165) is 6.92 Å². The van der Waals surface area contributed by atoms with Crippen molar-refractivity contribution in [2.45, 2.75) is 103 Å². The summed E-state index contributed by atoms with van der Waals surface area (Å²) >= 11 is 0. The number of Topliss-reactive ketones (excluding diaryl/α,β-unsaturated/α-hetero) is 1. The molecule has 1 aromatic heterocycles. The van der Waals surface area contributed by atoms with Crippen molar-refractivity contribution >= 4 is 34.9 Å². The Morgan fingerprint density at radius 1 is 1.12 bits per heavy atom. The molecule has 0 bridgehead atoms. The molecule has 14 heteroatoms. The number of alkyl carbamates (subject to hydrolysis) is 1.